The van der Waals surface area contributed by atoms with Gasteiger partial charge in [-0.2, -0.15) is 0 Å². The van der Waals surface area contributed by atoms with Crippen molar-refractivity contribution < 1.29 is 9.53 Å². The van der Waals surface area contributed by atoms with Crippen LogP contribution in [-0.2, 0) is 9.53 Å². The fourth-order valence-corrected chi connectivity index (χ4v) is 3.93. The molecule has 3 rings (SSSR count). The Hall–Kier alpha value is -2.09. The summed E-state index contributed by atoms with van der Waals surface area (Å²) in [5.41, 5.74) is 5.31. The molecule has 1 aliphatic carbocycles. The van der Waals surface area contributed by atoms with E-state index in [1.54, 1.807) is 0 Å². The second kappa shape index (κ2) is 8.53. The monoisotopic (exact) mass is 350 g/mol. The van der Waals surface area contributed by atoms with Gasteiger partial charge in [0.05, 0.1) is 12.5 Å². The minimum Gasteiger partial charge on any atom is -0.466 e. The van der Waals surface area contributed by atoms with Crippen LogP contribution in [-0.4, -0.2) is 12.6 Å². The molecule has 0 radical (unpaired) electrons. The fourth-order valence-electron chi connectivity index (χ4n) is 3.93. The summed E-state index contributed by atoms with van der Waals surface area (Å²) in [4.78, 5) is 11.9. The molecule has 1 aliphatic rings. The number of ether oxygens (including phenoxy) is 1. The summed E-state index contributed by atoms with van der Waals surface area (Å²) < 4.78 is 5.17. The molecule has 0 atom stereocenters. The largest absolute Gasteiger partial charge is 0.466 e. The van der Waals surface area contributed by atoms with E-state index in [0.29, 0.717) is 18.4 Å². The van der Waals surface area contributed by atoms with E-state index in [1.807, 2.05) is 6.92 Å². The predicted octanol–water partition coefficient (Wildman–Crippen LogP) is 6.31. The molecule has 1 fully saturated rings. The maximum Gasteiger partial charge on any atom is 0.308 e. The van der Waals surface area contributed by atoms with Gasteiger partial charge in [-0.1, -0.05) is 62.4 Å². The molecule has 0 aromatic heterocycles. The van der Waals surface area contributed by atoms with Gasteiger partial charge in [-0.3, -0.25) is 4.79 Å². The molecule has 0 N–H and O–H groups in total. The molecule has 0 aliphatic heterocycles. The maximum absolute atomic E-state index is 11.9. The highest BCUT2D eigenvalue weighted by atomic mass is 16.5. The fraction of sp³-hybridized carbons (Fsp3) is 0.458. The SMILES string of the molecule is CCOC(=O)C1CCC(c2ccc(-c3ccc(C(C)C)cc3)cc2)CC1. The van der Waals surface area contributed by atoms with Crippen molar-refractivity contribution in [1.29, 1.82) is 0 Å². The number of carbonyl (C=O) groups is 1. The third-order valence-electron chi connectivity index (χ3n) is 5.64. The average molecular weight is 351 g/mol. The standard InChI is InChI=1S/C24H30O2/c1-4-26-24(25)23-15-13-22(14-16-23)21-11-9-20(10-12-21)19-7-5-18(6-8-19)17(2)3/h5-12,17,22-23H,4,13-16H2,1-3H3. The molecule has 0 bridgehead atoms. The molecule has 2 aromatic carbocycles. The number of esters is 1. The first-order valence-electron chi connectivity index (χ1n) is 9.95. The molecule has 0 amide bonds. The lowest BCUT2D eigenvalue weighted by Gasteiger charge is -2.27. The topological polar surface area (TPSA) is 26.3 Å². The third-order valence-corrected chi connectivity index (χ3v) is 5.64. The molecular formula is C24H30O2. The van der Waals surface area contributed by atoms with E-state index in [9.17, 15) is 4.79 Å². The van der Waals surface area contributed by atoms with Crippen molar-refractivity contribution in [1.82, 2.24) is 0 Å². The molecule has 2 nitrogen and oxygen atoms in total. The molecular weight excluding hydrogens is 320 g/mol. The van der Waals surface area contributed by atoms with E-state index >= 15 is 0 Å². The molecule has 0 spiro atoms. The first kappa shape index (κ1) is 18.7. The minimum atomic E-state index is -0.00820. The zero-order valence-corrected chi connectivity index (χ0v) is 16.2. The molecule has 1 saturated carbocycles. The van der Waals surface area contributed by atoms with Crippen molar-refractivity contribution >= 4 is 5.97 Å². The third kappa shape index (κ3) is 4.35. The van der Waals surface area contributed by atoms with Crippen LogP contribution in [0.15, 0.2) is 48.5 Å². The first-order valence-corrected chi connectivity index (χ1v) is 9.95. The lowest BCUT2D eigenvalue weighted by Crippen LogP contribution is -2.23. The van der Waals surface area contributed by atoms with E-state index in [0.717, 1.165) is 25.7 Å². The van der Waals surface area contributed by atoms with Crippen LogP contribution < -0.4 is 0 Å². The van der Waals surface area contributed by atoms with Gasteiger partial charge >= 0.3 is 5.97 Å². The Balaban J connectivity index is 1.62. The summed E-state index contributed by atoms with van der Waals surface area (Å²) in [7, 11) is 0. The molecule has 0 unspecified atom stereocenters. The van der Waals surface area contributed by atoms with E-state index in [2.05, 4.69) is 62.4 Å². The summed E-state index contributed by atoms with van der Waals surface area (Å²) in [6.07, 6.45) is 4.04. The number of benzene rings is 2. The summed E-state index contributed by atoms with van der Waals surface area (Å²) in [6.45, 7) is 6.81. The smallest absolute Gasteiger partial charge is 0.308 e. The van der Waals surface area contributed by atoms with E-state index in [4.69, 9.17) is 4.74 Å². The lowest BCUT2D eigenvalue weighted by molar-refractivity contribution is -0.149. The molecule has 2 heteroatoms. The van der Waals surface area contributed by atoms with Crippen LogP contribution in [0.3, 0.4) is 0 Å². The zero-order valence-electron chi connectivity index (χ0n) is 16.2. The molecule has 26 heavy (non-hydrogen) atoms. The molecule has 2 aromatic rings. The predicted molar refractivity (Wildman–Crippen MR) is 107 cm³/mol. The normalized spacial score (nSPS) is 20.2. The van der Waals surface area contributed by atoms with Crippen LogP contribution in [0.25, 0.3) is 11.1 Å². The van der Waals surface area contributed by atoms with Crippen LogP contribution in [0, 0.1) is 5.92 Å². The van der Waals surface area contributed by atoms with Crippen LogP contribution in [0.4, 0.5) is 0 Å². The Morgan fingerprint density at radius 1 is 0.923 bits per heavy atom. The lowest BCUT2D eigenvalue weighted by atomic mass is 9.78. The van der Waals surface area contributed by atoms with Gasteiger partial charge in [0.25, 0.3) is 0 Å². The van der Waals surface area contributed by atoms with E-state index in [1.165, 1.54) is 22.3 Å². The summed E-state index contributed by atoms with van der Waals surface area (Å²) in [5, 5.41) is 0. The average Bonchev–Trinajstić information content (AvgIpc) is 2.68. The van der Waals surface area contributed by atoms with Gasteiger partial charge in [-0.25, -0.2) is 0 Å². The second-order valence-corrected chi connectivity index (χ2v) is 7.70. The second-order valence-electron chi connectivity index (χ2n) is 7.70. The van der Waals surface area contributed by atoms with Gasteiger partial charge in [0.2, 0.25) is 0 Å². The van der Waals surface area contributed by atoms with Gasteiger partial charge in [-0.15, -0.1) is 0 Å². The van der Waals surface area contributed by atoms with Crippen LogP contribution in [0.2, 0.25) is 0 Å². The van der Waals surface area contributed by atoms with Crippen molar-refractivity contribution in [3.63, 3.8) is 0 Å². The molecule has 0 saturated heterocycles. The Morgan fingerprint density at radius 3 is 1.96 bits per heavy atom. The van der Waals surface area contributed by atoms with Crippen molar-refractivity contribution in [3.05, 3.63) is 59.7 Å². The van der Waals surface area contributed by atoms with Crippen molar-refractivity contribution in [2.24, 2.45) is 5.92 Å². The van der Waals surface area contributed by atoms with Gasteiger partial charge in [0.15, 0.2) is 0 Å². The van der Waals surface area contributed by atoms with E-state index < -0.39 is 0 Å². The Bertz CT molecular complexity index is 705. The van der Waals surface area contributed by atoms with Gasteiger partial charge in [-0.05, 0) is 66.7 Å². The van der Waals surface area contributed by atoms with Gasteiger partial charge < -0.3 is 4.74 Å². The highest BCUT2D eigenvalue weighted by molar-refractivity contribution is 5.72. The van der Waals surface area contributed by atoms with Gasteiger partial charge in [0, 0.05) is 0 Å². The van der Waals surface area contributed by atoms with Crippen molar-refractivity contribution in [3.8, 4) is 11.1 Å². The summed E-state index contributed by atoms with van der Waals surface area (Å²) in [6, 6.07) is 17.9. The highest BCUT2D eigenvalue weighted by Crippen LogP contribution is 2.37. The maximum atomic E-state index is 11.9. The minimum absolute atomic E-state index is 0.00820. The Labute approximate surface area is 157 Å². The van der Waals surface area contributed by atoms with E-state index in [-0.39, 0.29) is 11.9 Å². The first-order chi connectivity index (χ1) is 12.6. The van der Waals surface area contributed by atoms with Crippen LogP contribution in [0.1, 0.15) is 69.4 Å². The molecule has 138 valence electrons. The highest BCUT2D eigenvalue weighted by Gasteiger charge is 2.27. The Morgan fingerprint density at radius 2 is 1.46 bits per heavy atom. The number of hydrogen-bond acceptors (Lipinski definition) is 2. The van der Waals surface area contributed by atoms with Gasteiger partial charge in [0.1, 0.15) is 0 Å². The van der Waals surface area contributed by atoms with Crippen molar-refractivity contribution in [2.45, 2.75) is 58.3 Å². The summed E-state index contributed by atoms with van der Waals surface area (Å²) >= 11 is 0. The summed E-state index contributed by atoms with van der Waals surface area (Å²) in [5.74, 6) is 1.23. The van der Waals surface area contributed by atoms with Crippen LogP contribution in [0.5, 0.6) is 0 Å². The number of carbonyl (C=O) groups excluding carboxylic acids is 1. The van der Waals surface area contributed by atoms with Crippen LogP contribution >= 0.6 is 0 Å². The Kier molecular flexibility index (Phi) is 6.13. The zero-order chi connectivity index (χ0) is 18.5. The quantitative estimate of drug-likeness (QED) is 0.590. The van der Waals surface area contributed by atoms with Crippen molar-refractivity contribution in [2.75, 3.05) is 6.61 Å². The number of rotatable bonds is 5. The molecule has 0 heterocycles. The number of hydrogen-bond donors (Lipinski definition) is 0.